The van der Waals surface area contributed by atoms with E-state index in [9.17, 15) is 13.2 Å². The molecule has 1 amide bonds. The van der Waals surface area contributed by atoms with E-state index >= 15 is 0 Å². The average Bonchev–Trinajstić information content (AvgIpc) is 3.36. The molecule has 1 fully saturated rings. The molecule has 0 unspecified atom stereocenters. The lowest BCUT2D eigenvalue weighted by Crippen LogP contribution is -2.23. The van der Waals surface area contributed by atoms with Crippen molar-refractivity contribution in [2.24, 2.45) is 0 Å². The number of carbonyl (C=O) groups is 1. The molecule has 1 aliphatic heterocycles. The predicted molar refractivity (Wildman–Crippen MR) is 125 cm³/mol. The van der Waals surface area contributed by atoms with Crippen LogP contribution in [0.3, 0.4) is 0 Å². The first-order chi connectivity index (χ1) is 15.3. The van der Waals surface area contributed by atoms with Gasteiger partial charge in [-0.1, -0.05) is 42.8 Å². The number of halogens is 1. The minimum Gasteiger partial charge on any atom is -0.484 e. The third-order valence-electron chi connectivity index (χ3n) is 5.40. The molecule has 0 saturated carbocycles. The number of ether oxygens (including phenoxy) is 1. The Balaban J connectivity index is 1.52. The number of hydrogen-bond acceptors (Lipinski definition) is 5. The number of benzene rings is 2. The van der Waals surface area contributed by atoms with Gasteiger partial charge in [0.25, 0.3) is 5.91 Å². The molecule has 1 atom stereocenters. The van der Waals surface area contributed by atoms with Crippen LogP contribution in [0.15, 0.2) is 54.6 Å². The summed E-state index contributed by atoms with van der Waals surface area (Å²) in [4.78, 5) is 12.6. The van der Waals surface area contributed by atoms with Gasteiger partial charge in [0.15, 0.2) is 16.4 Å². The Morgan fingerprint density at radius 3 is 2.53 bits per heavy atom. The Labute approximate surface area is 192 Å². The molecule has 0 radical (unpaired) electrons. The standard InChI is InChI=1S/C23H24ClN3O4S/c1-2-16-3-9-20(10-4-16)31-14-23(28)25-22-13-21(17-5-7-18(24)8-6-17)26-27(22)19-11-12-32(29,30)15-19/h3-10,13,19H,2,11-12,14-15H2,1H3,(H,25,28)/t19-/m0/s1. The summed E-state index contributed by atoms with van der Waals surface area (Å²) in [5.74, 6) is 0.798. The van der Waals surface area contributed by atoms with Crippen LogP contribution in [0.4, 0.5) is 5.82 Å². The van der Waals surface area contributed by atoms with E-state index in [4.69, 9.17) is 16.3 Å². The SMILES string of the molecule is CCc1ccc(OCC(=O)Nc2cc(-c3ccc(Cl)cc3)nn2[C@H]2CCS(=O)(=O)C2)cc1. The Bertz CT molecular complexity index is 1210. The first kappa shape index (κ1) is 22.4. The van der Waals surface area contributed by atoms with Gasteiger partial charge in [0.1, 0.15) is 11.6 Å². The highest BCUT2D eigenvalue weighted by atomic mass is 35.5. The maximum atomic E-state index is 12.6. The van der Waals surface area contributed by atoms with Crippen molar-refractivity contribution in [3.63, 3.8) is 0 Å². The fourth-order valence-corrected chi connectivity index (χ4v) is 5.46. The van der Waals surface area contributed by atoms with E-state index in [1.807, 2.05) is 36.4 Å². The lowest BCUT2D eigenvalue weighted by atomic mass is 10.1. The number of nitrogens with one attached hydrogen (secondary N) is 1. The van der Waals surface area contributed by atoms with Crippen molar-refractivity contribution in [3.8, 4) is 17.0 Å². The molecule has 1 saturated heterocycles. The molecular weight excluding hydrogens is 450 g/mol. The molecule has 1 N–H and O–H groups in total. The highest BCUT2D eigenvalue weighted by molar-refractivity contribution is 7.91. The van der Waals surface area contributed by atoms with Gasteiger partial charge in [0.05, 0.1) is 23.2 Å². The molecule has 9 heteroatoms. The molecule has 0 bridgehead atoms. The number of amides is 1. The second-order valence-electron chi connectivity index (χ2n) is 7.76. The number of aryl methyl sites for hydroxylation is 1. The molecule has 4 rings (SSSR count). The maximum absolute atomic E-state index is 12.6. The second-order valence-corrected chi connectivity index (χ2v) is 10.4. The van der Waals surface area contributed by atoms with Crippen LogP contribution in [0.25, 0.3) is 11.3 Å². The zero-order valence-electron chi connectivity index (χ0n) is 17.6. The highest BCUT2D eigenvalue weighted by Crippen LogP contribution is 2.30. The summed E-state index contributed by atoms with van der Waals surface area (Å²) in [7, 11) is -3.12. The summed E-state index contributed by atoms with van der Waals surface area (Å²) in [5.41, 5.74) is 2.63. The number of hydrogen-bond donors (Lipinski definition) is 1. The number of aromatic nitrogens is 2. The van der Waals surface area contributed by atoms with Crippen LogP contribution in [0.5, 0.6) is 5.75 Å². The van der Waals surface area contributed by atoms with E-state index in [2.05, 4.69) is 17.3 Å². The number of nitrogens with zero attached hydrogens (tertiary/aromatic N) is 2. The Morgan fingerprint density at radius 1 is 1.19 bits per heavy atom. The molecule has 3 aromatic rings. The summed E-state index contributed by atoms with van der Waals surface area (Å²) in [5, 5.41) is 8.03. The topological polar surface area (TPSA) is 90.3 Å². The quantitative estimate of drug-likeness (QED) is 0.556. The van der Waals surface area contributed by atoms with Crippen LogP contribution in [0, 0.1) is 0 Å². The van der Waals surface area contributed by atoms with E-state index < -0.39 is 9.84 Å². The minimum atomic E-state index is -3.12. The van der Waals surface area contributed by atoms with E-state index in [0.29, 0.717) is 28.7 Å². The summed E-state index contributed by atoms with van der Waals surface area (Å²) in [6, 6.07) is 16.2. The van der Waals surface area contributed by atoms with Gasteiger partial charge >= 0.3 is 0 Å². The Morgan fingerprint density at radius 2 is 1.91 bits per heavy atom. The monoisotopic (exact) mass is 473 g/mol. The van der Waals surface area contributed by atoms with Gasteiger partial charge in [-0.15, -0.1) is 0 Å². The maximum Gasteiger partial charge on any atom is 0.263 e. The number of rotatable bonds is 7. The van der Waals surface area contributed by atoms with Crippen LogP contribution >= 0.6 is 11.6 Å². The van der Waals surface area contributed by atoms with Crippen LogP contribution in [-0.2, 0) is 21.1 Å². The minimum absolute atomic E-state index is 0.00210. The van der Waals surface area contributed by atoms with E-state index in [1.54, 1.807) is 22.9 Å². The van der Waals surface area contributed by atoms with Crippen LogP contribution < -0.4 is 10.1 Å². The summed E-state index contributed by atoms with van der Waals surface area (Å²) < 4.78 is 31.2. The lowest BCUT2D eigenvalue weighted by molar-refractivity contribution is -0.118. The van der Waals surface area contributed by atoms with Crippen LogP contribution in [0.2, 0.25) is 5.02 Å². The van der Waals surface area contributed by atoms with Crippen LogP contribution in [0.1, 0.15) is 24.9 Å². The normalized spacial score (nSPS) is 17.2. The van der Waals surface area contributed by atoms with Gasteiger partial charge in [-0.2, -0.15) is 5.10 Å². The van der Waals surface area contributed by atoms with E-state index in [-0.39, 0.29) is 30.1 Å². The first-order valence-electron chi connectivity index (χ1n) is 10.4. The molecule has 7 nitrogen and oxygen atoms in total. The molecule has 2 heterocycles. The van der Waals surface area contributed by atoms with Crippen molar-refractivity contribution in [2.75, 3.05) is 23.4 Å². The number of carbonyl (C=O) groups excluding carboxylic acids is 1. The first-order valence-corrected chi connectivity index (χ1v) is 12.6. The summed E-state index contributed by atoms with van der Waals surface area (Å²) in [6.07, 6.45) is 1.38. The summed E-state index contributed by atoms with van der Waals surface area (Å²) in [6.45, 7) is 1.90. The zero-order valence-corrected chi connectivity index (χ0v) is 19.2. The molecule has 168 valence electrons. The van der Waals surface area contributed by atoms with Crippen molar-refractivity contribution < 1.29 is 17.9 Å². The van der Waals surface area contributed by atoms with Crippen molar-refractivity contribution in [1.29, 1.82) is 0 Å². The largest absolute Gasteiger partial charge is 0.484 e. The van der Waals surface area contributed by atoms with Gasteiger partial charge < -0.3 is 10.1 Å². The lowest BCUT2D eigenvalue weighted by Gasteiger charge is -2.14. The van der Waals surface area contributed by atoms with Gasteiger partial charge in [0.2, 0.25) is 0 Å². The second kappa shape index (κ2) is 9.34. The third-order valence-corrected chi connectivity index (χ3v) is 7.40. The highest BCUT2D eigenvalue weighted by Gasteiger charge is 2.31. The predicted octanol–water partition coefficient (Wildman–Crippen LogP) is 4.14. The van der Waals surface area contributed by atoms with Crippen molar-refractivity contribution in [3.05, 3.63) is 65.2 Å². The van der Waals surface area contributed by atoms with Crippen molar-refractivity contribution in [2.45, 2.75) is 25.8 Å². The molecular formula is C23H24ClN3O4S. The van der Waals surface area contributed by atoms with E-state index in [0.717, 1.165) is 12.0 Å². The van der Waals surface area contributed by atoms with Crippen LogP contribution in [-0.4, -0.2) is 42.2 Å². The Kier molecular flexibility index (Phi) is 6.53. The molecule has 0 aliphatic carbocycles. The van der Waals surface area contributed by atoms with E-state index in [1.165, 1.54) is 5.56 Å². The van der Waals surface area contributed by atoms with Crippen molar-refractivity contribution >= 4 is 33.2 Å². The number of anilines is 1. The molecule has 1 aliphatic rings. The molecule has 1 aromatic heterocycles. The molecule has 0 spiro atoms. The van der Waals surface area contributed by atoms with Gasteiger partial charge in [-0.05, 0) is 42.7 Å². The third kappa shape index (κ3) is 5.31. The van der Waals surface area contributed by atoms with Crippen molar-refractivity contribution in [1.82, 2.24) is 9.78 Å². The van der Waals surface area contributed by atoms with Gasteiger partial charge in [-0.25, -0.2) is 13.1 Å². The fourth-order valence-electron chi connectivity index (χ4n) is 3.65. The fraction of sp³-hybridized carbons (Fsp3) is 0.304. The summed E-state index contributed by atoms with van der Waals surface area (Å²) >= 11 is 5.98. The van der Waals surface area contributed by atoms with Gasteiger partial charge in [-0.3, -0.25) is 4.79 Å². The smallest absolute Gasteiger partial charge is 0.263 e. The molecule has 2 aromatic carbocycles. The van der Waals surface area contributed by atoms with Gasteiger partial charge in [0, 0.05) is 16.7 Å². The molecule has 32 heavy (non-hydrogen) atoms. The zero-order chi connectivity index (χ0) is 22.7. The average molecular weight is 474 g/mol. The number of sulfone groups is 1. The Hall–Kier alpha value is -2.84.